The third kappa shape index (κ3) is 9.81. The van der Waals surface area contributed by atoms with Crippen LogP contribution in [0.1, 0.15) is 89.2 Å². The van der Waals surface area contributed by atoms with Gasteiger partial charge in [-0.25, -0.2) is 0 Å². The van der Waals surface area contributed by atoms with Crippen molar-refractivity contribution in [3.05, 3.63) is 33.7 Å². The number of aryl methyl sites for hydroxylation is 1. The van der Waals surface area contributed by atoms with E-state index < -0.39 is 0 Å². The number of rotatable bonds is 16. The quantitative estimate of drug-likeness (QED) is 0.163. The molecule has 1 saturated heterocycles. The van der Waals surface area contributed by atoms with E-state index in [2.05, 4.69) is 19.9 Å². The number of hydroxylamine groups is 6. The lowest BCUT2D eigenvalue weighted by atomic mass is 10.0. The zero-order valence-corrected chi connectivity index (χ0v) is 21.7. The second-order valence-electron chi connectivity index (χ2n) is 10.1. The Bertz CT molecular complexity index is 683. The first-order valence-corrected chi connectivity index (χ1v) is 13.3. The van der Waals surface area contributed by atoms with Gasteiger partial charge in [0.05, 0.1) is 26.3 Å². The van der Waals surface area contributed by atoms with Crippen molar-refractivity contribution in [3.63, 3.8) is 0 Å². The van der Waals surface area contributed by atoms with E-state index in [1.807, 2.05) is 6.07 Å². The molecule has 1 aliphatic rings. The SMILES string of the molecule is CCCCCCCCCCCCOc1c(C[N+]2([O-])CC[N+](C)([O-])CC2)cc(CC)cc1OC. The van der Waals surface area contributed by atoms with Crippen LogP contribution in [-0.4, -0.2) is 56.2 Å². The summed E-state index contributed by atoms with van der Waals surface area (Å²) in [6.07, 6.45) is 13.7. The molecular formula is C27H48N2O4. The van der Waals surface area contributed by atoms with E-state index in [4.69, 9.17) is 9.47 Å². The van der Waals surface area contributed by atoms with Crippen LogP contribution in [0.4, 0.5) is 0 Å². The van der Waals surface area contributed by atoms with Crippen LogP contribution in [0.5, 0.6) is 11.5 Å². The molecule has 33 heavy (non-hydrogen) atoms. The number of benzene rings is 1. The summed E-state index contributed by atoms with van der Waals surface area (Å²) in [6, 6.07) is 4.11. The zero-order chi connectivity index (χ0) is 24.2. The van der Waals surface area contributed by atoms with Gasteiger partial charge in [-0.1, -0.05) is 71.6 Å². The van der Waals surface area contributed by atoms with Gasteiger partial charge in [0.1, 0.15) is 32.7 Å². The van der Waals surface area contributed by atoms with E-state index in [0.717, 1.165) is 24.0 Å². The number of hydrogen-bond donors (Lipinski definition) is 0. The molecule has 1 fully saturated rings. The summed E-state index contributed by atoms with van der Waals surface area (Å²) in [4.78, 5) is 0. The number of likely N-dealkylation sites (N-methyl/N-ethyl adjacent to an activating group) is 1. The number of piperazine rings is 1. The Kier molecular flexibility index (Phi) is 12.0. The highest BCUT2D eigenvalue weighted by Crippen LogP contribution is 2.36. The molecule has 0 aliphatic carbocycles. The molecule has 0 spiro atoms. The minimum Gasteiger partial charge on any atom is -0.633 e. The molecule has 1 aromatic rings. The first kappa shape index (κ1) is 27.9. The number of quaternary nitrogens is 2. The third-order valence-corrected chi connectivity index (χ3v) is 6.98. The van der Waals surface area contributed by atoms with Crippen LogP contribution in [0.3, 0.4) is 0 Å². The van der Waals surface area contributed by atoms with Crippen molar-refractivity contribution < 1.29 is 18.8 Å². The molecule has 1 aromatic carbocycles. The van der Waals surface area contributed by atoms with Crippen molar-refractivity contribution in [1.29, 1.82) is 0 Å². The summed E-state index contributed by atoms with van der Waals surface area (Å²) in [5.41, 5.74) is 2.05. The molecule has 0 amide bonds. The monoisotopic (exact) mass is 464 g/mol. The van der Waals surface area contributed by atoms with Gasteiger partial charge in [-0.3, -0.25) is 0 Å². The molecule has 0 radical (unpaired) electrons. The van der Waals surface area contributed by atoms with Crippen molar-refractivity contribution in [3.8, 4) is 11.5 Å². The summed E-state index contributed by atoms with van der Waals surface area (Å²) < 4.78 is 11.2. The molecule has 1 heterocycles. The first-order chi connectivity index (χ1) is 15.8. The lowest BCUT2D eigenvalue weighted by molar-refractivity contribution is -0.987. The molecular weight excluding hydrogens is 416 g/mol. The Morgan fingerprint density at radius 2 is 1.39 bits per heavy atom. The third-order valence-electron chi connectivity index (χ3n) is 6.98. The Labute approximate surface area is 202 Å². The van der Waals surface area contributed by atoms with Crippen LogP contribution < -0.4 is 9.47 Å². The standard InChI is InChI=1S/C27H48N2O4/c1-5-7-8-9-10-11-12-13-14-15-20-33-27-25(21-24(6-2)22-26(27)32-4)23-29(31)18-16-28(3,30)17-19-29/h21-22H,5-20,23H2,1-4H3. The molecule has 6 nitrogen and oxygen atoms in total. The summed E-state index contributed by atoms with van der Waals surface area (Å²) in [5, 5.41) is 25.6. The molecule has 0 atom stereocenters. The fraction of sp³-hybridized carbons (Fsp3) is 0.778. The van der Waals surface area contributed by atoms with Gasteiger partial charge in [-0.05, 0) is 30.5 Å². The van der Waals surface area contributed by atoms with E-state index in [-0.39, 0.29) is 9.29 Å². The van der Waals surface area contributed by atoms with Gasteiger partial charge in [0.15, 0.2) is 11.5 Å². The molecule has 6 heteroatoms. The Balaban J connectivity index is 1.88. The average Bonchev–Trinajstić information content (AvgIpc) is 2.80. The number of nitrogens with zero attached hydrogens (tertiary/aromatic N) is 2. The number of hydrogen-bond acceptors (Lipinski definition) is 4. The molecule has 0 aromatic heterocycles. The molecule has 0 N–H and O–H groups in total. The van der Waals surface area contributed by atoms with E-state index in [0.29, 0.717) is 50.8 Å². The van der Waals surface area contributed by atoms with E-state index in [9.17, 15) is 10.4 Å². The number of methoxy groups -OCH3 is 1. The van der Waals surface area contributed by atoms with E-state index in [1.54, 1.807) is 14.2 Å². The molecule has 190 valence electrons. The van der Waals surface area contributed by atoms with Crippen molar-refractivity contribution in [1.82, 2.24) is 0 Å². The van der Waals surface area contributed by atoms with Crippen molar-refractivity contribution in [2.24, 2.45) is 0 Å². The van der Waals surface area contributed by atoms with Crippen molar-refractivity contribution in [2.45, 2.75) is 91.0 Å². The highest BCUT2D eigenvalue weighted by atomic mass is 16.6. The van der Waals surface area contributed by atoms with Crippen LogP contribution in [0.15, 0.2) is 12.1 Å². The summed E-state index contributed by atoms with van der Waals surface area (Å²) >= 11 is 0. The second kappa shape index (κ2) is 14.1. The molecule has 0 saturated carbocycles. The minimum atomic E-state index is -0.360. The van der Waals surface area contributed by atoms with Gasteiger partial charge in [0.25, 0.3) is 0 Å². The largest absolute Gasteiger partial charge is 0.633 e. The van der Waals surface area contributed by atoms with Gasteiger partial charge in [-0.15, -0.1) is 0 Å². The van der Waals surface area contributed by atoms with Gasteiger partial charge < -0.3 is 29.2 Å². The van der Waals surface area contributed by atoms with E-state index >= 15 is 0 Å². The number of ether oxygens (including phenoxy) is 2. The predicted molar refractivity (Wildman–Crippen MR) is 136 cm³/mol. The molecule has 0 bridgehead atoms. The zero-order valence-electron chi connectivity index (χ0n) is 21.7. The second-order valence-corrected chi connectivity index (χ2v) is 10.1. The van der Waals surface area contributed by atoms with Crippen LogP contribution >= 0.6 is 0 Å². The van der Waals surface area contributed by atoms with Crippen LogP contribution in [-0.2, 0) is 13.0 Å². The summed E-state index contributed by atoms with van der Waals surface area (Å²) in [6.45, 7) is 6.75. The Morgan fingerprint density at radius 3 is 1.94 bits per heavy atom. The Hall–Kier alpha value is -1.34. The number of unbranched alkanes of at least 4 members (excludes halogenated alkanes) is 9. The van der Waals surface area contributed by atoms with Gasteiger partial charge >= 0.3 is 0 Å². The molecule has 2 rings (SSSR count). The van der Waals surface area contributed by atoms with Crippen LogP contribution in [0.2, 0.25) is 0 Å². The van der Waals surface area contributed by atoms with Crippen molar-refractivity contribution >= 4 is 0 Å². The minimum absolute atomic E-state index is 0.317. The first-order valence-electron chi connectivity index (χ1n) is 13.3. The molecule has 1 aliphatic heterocycles. The predicted octanol–water partition coefficient (Wildman–Crippen LogP) is 6.33. The summed E-state index contributed by atoms with van der Waals surface area (Å²) in [7, 11) is 3.32. The highest BCUT2D eigenvalue weighted by molar-refractivity contribution is 5.49. The van der Waals surface area contributed by atoms with E-state index in [1.165, 1.54) is 57.8 Å². The van der Waals surface area contributed by atoms with Crippen LogP contribution in [0.25, 0.3) is 0 Å². The maximum atomic E-state index is 13.4. The summed E-state index contributed by atoms with van der Waals surface area (Å²) in [5.74, 6) is 1.42. The maximum Gasteiger partial charge on any atom is 0.169 e. The van der Waals surface area contributed by atoms with Gasteiger partial charge in [-0.2, -0.15) is 0 Å². The molecule has 0 unspecified atom stereocenters. The smallest absolute Gasteiger partial charge is 0.169 e. The fourth-order valence-corrected chi connectivity index (χ4v) is 4.60. The highest BCUT2D eigenvalue weighted by Gasteiger charge is 2.31. The topological polar surface area (TPSA) is 64.6 Å². The van der Waals surface area contributed by atoms with Gasteiger partial charge in [0.2, 0.25) is 0 Å². The maximum absolute atomic E-state index is 13.4. The Morgan fingerprint density at radius 1 is 0.818 bits per heavy atom. The van der Waals surface area contributed by atoms with Crippen LogP contribution in [0, 0.1) is 10.4 Å². The lowest BCUT2D eigenvalue weighted by Gasteiger charge is -2.52. The normalized spacial score (nSPS) is 23.0. The van der Waals surface area contributed by atoms with Gasteiger partial charge in [0, 0.05) is 0 Å². The average molecular weight is 465 g/mol. The fourth-order valence-electron chi connectivity index (χ4n) is 4.60. The lowest BCUT2D eigenvalue weighted by Crippen LogP contribution is -2.60. The van der Waals surface area contributed by atoms with Crippen molar-refractivity contribution in [2.75, 3.05) is 46.9 Å².